The first-order chi connectivity index (χ1) is 10.0. The van der Waals surface area contributed by atoms with E-state index in [0.717, 1.165) is 10.9 Å². The number of para-hydroxylation sites is 1. The molecule has 0 aliphatic rings. The topological polar surface area (TPSA) is 63.1 Å². The van der Waals surface area contributed by atoms with Crippen LogP contribution in [0.5, 0.6) is 0 Å². The third-order valence-corrected chi connectivity index (χ3v) is 3.42. The van der Waals surface area contributed by atoms with E-state index in [1.54, 1.807) is 0 Å². The predicted molar refractivity (Wildman–Crippen MR) is 83.1 cm³/mol. The van der Waals surface area contributed by atoms with Gasteiger partial charge in [0.25, 0.3) is 5.91 Å². The molecule has 0 fully saturated rings. The van der Waals surface area contributed by atoms with E-state index < -0.39 is 0 Å². The first-order valence-corrected chi connectivity index (χ1v) is 7.11. The van der Waals surface area contributed by atoms with Crippen molar-refractivity contribution in [3.8, 4) is 0 Å². The molecule has 5 heteroatoms. The van der Waals surface area contributed by atoms with Crippen LogP contribution in [0.1, 0.15) is 24.3 Å². The molecule has 2 rings (SSSR count). The SMILES string of the molecule is CC(C)C(=O)NCCNC(=O)c1cc2ccccc2n1C. The van der Waals surface area contributed by atoms with Crippen molar-refractivity contribution in [2.24, 2.45) is 13.0 Å². The zero-order chi connectivity index (χ0) is 15.4. The number of aromatic nitrogens is 1. The van der Waals surface area contributed by atoms with Crippen molar-refractivity contribution in [3.05, 3.63) is 36.0 Å². The van der Waals surface area contributed by atoms with Crippen molar-refractivity contribution in [2.45, 2.75) is 13.8 Å². The highest BCUT2D eigenvalue weighted by Gasteiger charge is 2.12. The van der Waals surface area contributed by atoms with Crippen molar-refractivity contribution in [3.63, 3.8) is 0 Å². The molecule has 0 atom stereocenters. The number of benzene rings is 1. The lowest BCUT2D eigenvalue weighted by atomic mass is 10.2. The summed E-state index contributed by atoms with van der Waals surface area (Å²) in [6, 6.07) is 9.73. The lowest BCUT2D eigenvalue weighted by Crippen LogP contribution is -2.36. The number of hydrogen-bond donors (Lipinski definition) is 2. The summed E-state index contributed by atoms with van der Waals surface area (Å²) in [5.41, 5.74) is 1.64. The van der Waals surface area contributed by atoms with Crippen LogP contribution >= 0.6 is 0 Å². The van der Waals surface area contributed by atoms with Gasteiger partial charge in [0.2, 0.25) is 5.91 Å². The van der Waals surface area contributed by atoms with Crippen LogP contribution in [-0.2, 0) is 11.8 Å². The third-order valence-electron chi connectivity index (χ3n) is 3.42. The molecule has 5 nitrogen and oxygen atoms in total. The second-order valence-electron chi connectivity index (χ2n) is 5.35. The van der Waals surface area contributed by atoms with Crippen LogP contribution < -0.4 is 10.6 Å². The summed E-state index contributed by atoms with van der Waals surface area (Å²) < 4.78 is 1.87. The monoisotopic (exact) mass is 287 g/mol. The van der Waals surface area contributed by atoms with Crippen LogP contribution in [0, 0.1) is 5.92 Å². The predicted octanol–water partition coefficient (Wildman–Crippen LogP) is 1.68. The molecular formula is C16H21N3O2. The molecule has 0 spiro atoms. The van der Waals surface area contributed by atoms with Gasteiger partial charge >= 0.3 is 0 Å². The average Bonchev–Trinajstić information content (AvgIpc) is 2.81. The van der Waals surface area contributed by atoms with Gasteiger partial charge in [-0.15, -0.1) is 0 Å². The smallest absolute Gasteiger partial charge is 0.267 e. The molecule has 0 saturated heterocycles. The molecular weight excluding hydrogens is 266 g/mol. The van der Waals surface area contributed by atoms with Crippen LogP contribution in [0.2, 0.25) is 0 Å². The Morgan fingerprint density at radius 1 is 1.14 bits per heavy atom. The van der Waals surface area contributed by atoms with Crippen molar-refractivity contribution in [1.82, 2.24) is 15.2 Å². The highest BCUT2D eigenvalue weighted by molar-refractivity contribution is 5.98. The van der Waals surface area contributed by atoms with Crippen LogP contribution in [0.15, 0.2) is 30.3 Å². The zero-order valence-electron chi connectivity index (χ0n) is 12.6. The Labute approximate surface area is 124 Å². The van der Waals surface area contributed by atoms with Gasteiger partial charge in [0.05, 0.1) is 0 Å². The number of nitrogens with one attached hydrogen (secondary N) is 2. The Morgan fingerprint density at radius 3 is 2.48 bits per heavy atom. The number of hydrogen-bond acceptors (Lipinski definition) is 2. The van der Waals surface area contributed by atoms with Crippen molar-refractivity contribution in [1.29, 1.82) is 0 Å². The van der Waals surface area contributed by atoms with Gasteiger partial charge < -0.3 is 15.2 Å². The Hall–Kier alpha value is -2.30. The number of nitrogens with zero attached hydrogens (tertiary/aromatic N) is 1. The molecule has 1 heterocycles. The molecule has 0 radical (unpaired) electrons. The van der Waals surface area contributed by atoms with Gasteiger partial charge in [-0.05, 0) is 12.1 Å². The first-order valence-electron chi connectivity index (χ1n) is 7.11. The van der Waals surface area contributed by atoms with Crippen LogP contribution in [0.25, 0.3) is 10.9 Å². The van der Waals surface area contributed by atoms with E-state index in [-0.39, 0.29) is 17.7 Å². The summed E-state index contributed by atoms with van der Waals surface area (Å²) in [5, 5.41) is 6.63. The van der Waals surface area contributed by atoms with E-state index in [1.807, 2.05) is 55.8 Å². The van der Waals surface area contributed by atoms with Crippen molar-refractivity contribution < 1.29 is 9.59 Å². The molecule has 1 aromatic heterocycles. The Kier molecular flexibility index (Phi) is 4.62. The standard InChI is InChI=1S/C16H21N3O2/c1-11(2)15(20)17-8-9-18-16(21)14-10-12-6-4-5-7-13(12)19(14)3/h4-7,10-11H,8-9H2,1-3H3,(H,17,20)(H,18,21). The fourth-order valence-corrected chi connectivity index (χ4v) is 2.16. The summed E-state index contributed by atoms with van der Waals surface area (Å²) in [6.07, 6.45) is 0. The van der Waals surface area contributed by atoms with Crippen molar-refractivity contribution in [2.75, 3.05) is 13.1 Å². The molecule has 0 bridgehead atoms. The molecule has 2 aromatic rings. The first kappa shape index (κ1) is 15.1. The fourth-order valence-electron chi connectivity index (χ4n) is 2.16. The van der Waals surface area contributed by atoms with Gasteiger partial charge in [-0.2, -0.15) is 0 Å². The minimum Gasteiger partial charge on any atom is -0.354 e. The average molecular weight is 287 g/mol. The number of carbonyl (C=O) groups is 2. The number of fused-ring (bicyclic) bond motifs is 1. The molecule has 21 heavy (non-hydrogen) atoms. The van der Waals surface area contributed by atoms with E-state index in [2.05, 4.69) is 10.6 Å². The molecule has 0 aliphatic carbocycles. The Balaban J connectivity index is 1.94. The number of rotatable bonds is 5. The van der Waals surface area contributed by atoms with E-state index in [1.165, 1.54) is 0 Å². The maximum absolute atomic E-state index is 12.2. The number of carbonyl (C=O) groups excluding carboxylic acids is 2. The highest BCUT2D eigenvalue weighted by atomic mass is 16.2. The normalized spacial score (nSPS) is 10.9. The highest BCUT2D eigenvalue weighted by Crippen LogP contribution is 2.17. The van der Waals surface area contributed by atoms with Crippen molar-refractivity contribution >= 4 is 22.7 Å². The summed E-state index contributed by atoms with van der Waals surface area (Å²) in [4.78, 5) is 23.6. The molecule has 0 aliphatic heterocycles. The Morgan fingerprint density at radius 2 is 1.81 bits per heavy atom. The van der Waals surface area contributed by atoms with E-state index >= 15 is 0 Å². The minimum atomic E-state index is -0.132. The van der Waals surface area contributed by atoms with E-state index in [0.29, 0.717) is 18.8 Å². The van der Waals surface area contributed by atoms with E-state index in [4.69, 9.17) is 0 Å². The second kappa shape index (κ2) is 6.43. The van der Waals surface area contributed by atoms with Gasteiger partial charge in [-0.1, -0.05) is 32.0 Å². The van der Waals surface area contributed by atoms with Gasteiger partial charge in [-0.25, -0.2) is 0 Å². The fraction of sp³-hybridized carbons (Fsp3) is 0.375. The maximum Gasteiger partial charge on any atom is 0.267 e. The molecule has 1 aromatic carbocycles. The summed E-state index contributed by atoms with van der Waals surface area (Å²) in [5.74, 6) is -0.180. The summed E-state index contributed by atoms with van der Waals surface area (Å²) in [6.45, 7) is 4.53. The van der Waals surface area contributed by atoms with E-state index in [9.17, 15) is 9.59 Å². The quantitative estimate of drug-likeness (QED) is 0.822. The molecule has 0 saturated carbocycles. The molecule has 2 amide bonds. The largest absolute Gasteiger partial charge is 0.354 e. The number of aryl methyl sites for hydroxylation is 1. The molecule has 2 N–H and O–H groups in total. The zero-order valence-corrected chi connectivity index (χ0v) is 12.6. The minimum absolute atomic E-state index is 0.00569. The van der Waals surface area contributed by atoms with Gasteiger partial charge in [0.15, 0.2) is 0 Å². The van der Waals surface area contributed by atoms with Gasteiger partial charge in [-0.3, -0.25) is 9.59 Å². The lowest BCUT2D eigenvalue weighted by molar-refractivity contribution is -0.123. The molecule has 112 valence electrons. The Bertz CT molecular complexity index is 659. The lowest BCUT2D eigenvalue weighted by Gasteiger charge is -2.09. The maximum atomic E-state index is 12.2. The van der Waals surface area contributed by atoms with Gasteiger partial charge in [0.1, 0.15) is 5.69 Å². The number of amides is 2. The third kappa shape index (κ3) is 3.42. The molecule has 0 unspecified atom stereocenters. The van der Waals surface area contributed by atoms with Crippen LogP contribution in [-0.4, -0.2) is 29.5 Å². The second-order valence-corrected chi connectivity index (χ2v) is 5.35. The van der Waals surface area contributed by atoms with Gasteiger partial charge in [0, 0.05) is 37.0 Å². The summed E-state index contributed by atoms with van der Waals surface area (Å²) >= 11 is 0. The summed E-state index contributed by atoms with van der Waals surface area (Å²) in [7, 11) is 1.87. The van der Waals surface area contributed by atoms with Crippen LogP contribution in [0.4, 0.5) is 0 Å². The van der Waals surface area contributed by atoms with Crippen LogP contribution in [0.3, 0.4) is 0 Å².